The fourth-order valence-electron chi connectivity index (χ4n) is 1.66. The van der Waals surface area contributed by atoms with Gasteiger partial charge in [-0.1, -0.05) is 0 Å². The van der Waals surface area contributed by atoms with Gasteiger partial charge in [-0.15, -0.1) is 0 Å². The van der Waals surface area contributed by atoms with E-state index in [4.69, 9.17) is 10.6 Å². The SMILES string of the molecule is COCC(C)N(C)c1nc(C)nc(NN)c1C. The molecule has 0 saturated carbocycles. The number of rotatable bonds is 5. The molecular weight excluding hydrogens is 218 g/mol. The van der Waals surface area contributed by atoms with Gasteiger partial charge in [-0.25, -0.2) is 15.8 Å². The lowest BCUT2D eigenvalue weighted by molar-refractivity contribution is 0.183. The average Bonchev–Trinajstić information content (AvgIpc) is 2.31. The maximum atomic E-state index is 5.44. The van der Waals surface area contributed by atoms with Crippen molar-refractivity contribution in [2.24, 2.45) is 5.84 Å². The molecule has 0 fully saturated rings. The number of likely N-dealkylation sites (N-methyl/N-ethyl adjacent to an activating group) is 1. The summed E-state index contributed by atoms with van der Waals surface area (Å²) in [5.74, 6) is 7.66. The van der Waals surface area contributed by atoms with Crippen molar-refractivity contribution in [1.82, 2.24) is 9.97 Å². The molecule has 0 aromatic carbocycles. The van der Waals surface area contributed by atoms with E-state index in [0.29, 0.717) is 18.2 Å². The lowest BCUT2D eigenvalue weighted by atomic mass is 10.2. The second kappa shape index (κ2) is 5.79. The topological polar surface area (TPSA) is 76.3 Å². The van der Waals surface area contributed by atoms with E-state index in [1.54, 1.807) is 7.11 Å². The highest BCUT2D eigenvalue weighted by molar-refractivity contribution is 5.58. The largest absolute Gasteiger partial charge is 0.383 e. The molecule has 3 N–H and O–H groups in total. The summed E-state index contributed by atoms with van der Waals surface area (Å²) >= 11 is 0. The number of hydrazine groups is 1. The molecule has 17 heavy (non-hydrogen) atoms. The number of anilines is 2. The molecule has 0 aliphatic carbocycles. The Morgan fingerprint density at radius 3 is 2.59 bits per heavy atom. The zero-order valence-corrected chi connectivity index (χ0v) is 11.1. The van der Waals surface area contributed by atoms with Crippen LogP contribution in [-0.4, -0.2) is 36.8 Å². The number of nitrogens with two attached hydrogens (primary N) is 1. The van der Waals surface area contributed by atoms with Crippen LogP contribution in [0.1, 0.15) is 18.3 Å². The summed E-state index contributed by atoms with van der Waals surface area (Å²) in [6.07, 6.45) is 0. The third-order valence-corrected chi connectivity index (χ3v) is 2.77. The summed E-state index contributed by atoms with van der Waals surface area (Å²) in [6, 6.07) is 0.235. The third kappa shape index (κ3) is 3.04. The summed E-state index contributed by atoms with van der Waals surface area (Å²) in [4.78, 5) is 10.7. The van der Waals surface area contributed by atoms with E-state index in [2.05, 4.69) is 27.2 Å². The van der Waals surface area contributed by atoms with Crippen LogP contribution in [0, 0.1) is 13.8 Å². The summed E-state index contributed by atoms with van der Waals surface area (Å²) in [7, 11) is 3.67. The molecule has 6 heteroatoms. The molecule has 96 valence electrons. The summed E-state index contributed by atoms with van der Waals surface area (Å²) in [6.45, 7) is 6.51. The van der Waals surface area contributed by atoms with Crippen LogP contribution in [0.3, 0.4) is 0 Å². The summed E-state index contributed by atoms with van der Waals surface area (Å²) in [5.41, 5.74) is 3.53. The van der Waals surface area contributed by atoms with Gasteiger partial charge in [0.2, 0.25) is 0 Å². The van der Waals surface area contributed by atoms with Gasteiger partial charge in [-0.3, -0.25) is 0 Å². The van der Waals surface area contributed by atoms with Crippen LogP contribution in [0.25, 0.3) is 0 Å². The Kier molecular flexibility index (Phi) is 4.65. The Balaban J connectivity index is 3.08. The van der Waals surface area contributed by atoms with Crippen LogP contribution in [0.4, 0.5) is 11.6 Å². The minimum Gasteiger partial charge on any atom is -0.383 e. The highest BCUT2D eigenvalue weighted by Gasteiger charge is 2.16. The number of aryl methyl sites for hydroxylation is 1. The Bertz CT molecular complexity index is 382. The number of nitrogen functional groups attached to an aromatic ring is 1. The van der Waals surface area contributed by atoms with E-state index in [1.807, 2.05) is 20.9 Å². The zero-order chi connectivity index (χ0) is 13.0. The average molecular weight is 239 g/mol. The Labute approximate surface area is 102 Å². The van der Waals surface area contributed by atoms with E-state index in [-0.39, 0.29) is 6.04 Å². The standard InChI is InChI=1S/C11H21N5O/c1-7(6-17-5)16(4)11-8(2)10(15-12)13-9(3)14-11/h7H,6,12H2,1-5H3,(H,13,14,15). The van der Waals surface area contributed by atoms with Crippen LogP contribution in [-0.2, 0) is 4.74 Å². The second-order valence-corrected chi connectivity index (χ2v) is 4.13. The molecule has 0 saturated heterocycles. The van der Waals surface area contributed by atoms with E-state index in [1.165, 1.54) is 0 Å². The van der Waals surface area contributed by atoms with Crippen LogP contribution >= 0.6 is 0 Å². The maximum Gasteiger partial charge on any atom is 0.148 e. The number of aromatic nitrogens is 2. The first kappa shape index (κ1) is 13.7. The van der Waals surface area contributed by atoms with Crippen molar-refractivity contribution >= 4 is 11.6 Å². The molecule has 0 aliphatic heterocycles. The van der Waals surface area contributed by atoms with Crippen molar-refractivity contribution in [3.8, 4) is 0 Å². The highest BCUT2D eigenvalue weighted by Crippen LogP contribution is 2.23. The van der Waals surface area contributed by atoms with E-state index in [0.717, 1.165) is 11.4 Å². The van der Waals surface area contributed by atoms with E-state index in [9.17, 15) is 0 Å². The summed E-state index contributed by atoms with van der Waals surface area (Å²) < 4.78 is 5.15. The molecule has 0 amide bonds. The Morgan fingerprint density at radius 1 is 1.41 bits per heavy atom. The molecule has 0 spiro atoms. The smallest absolute Gasteiger partial charge is 0.148 e. The first-order chi connectivity index (χ1) is 8.01. The van der Waals surface area contributed by atoms with Gasteiger partial charge in [0, 0.05) is 19.7 Å². The maximum absolute atomic E-state index is 5.44. The normalized spacial score (nSPS) is 12.4. The molecule has 1 rings (SSSR count). The van der Waals surface area contributed by atoms with Gasteiger partial charge in [-0.2, -0.15) is 0 Å². The van der Waals surface area contributed by atoms with Gasteiger partial charge in [0.25, 0.3) is 0 Å². The lowest BCUT2D eigenvalue weighted by Crippen LogP contribution is -2.34. The fourth-order valence-corrected chi connectivity index (χ4v) is 1.66. The molecule has 1 heterocycles. The molecule has 6 nitrogen and oxygen atoms in total. The van der Waals surface area contributed by atoms with Crippen molar-refractivity contribution in [1.29, 1.82) is 0 Å². The van der Waals surface area contributed by atoms with Crippen LogP contribution < -0.4 is 16.2 Å². The van der Waals surface area contributed by atoms with Gasteiger partial charge >= 0.3 is 0 Å². The molecular formula is C11H21N5O. The first-order valence-corrected chi connectivity index (χ1v) is 5.54. The third-order valence-electron chi connectivity index (χ3n) is 2.77. The van der Waals surface area contributed by atoms with Gasteiger partial charge < -0.3 is 15.1 Å². The minimum absolute atomic E-state index is 0.235. The zero-order valence-electron chi connectivity index (χ0n) is 11.1. The second-order valence-electron chi connectivity index (χ2n) is 4.13. The molecule has 1 unspecified atom stereocenters. The predicted molar refractivity (Wildman–Crippen MR) is 69.1 cm³/mol. The number of hydrogen-bond donors (Lipinski definition) is 2. The van der Waals surface area contributed by atoms with Crippen LogP contribution in [0.15, 0.2) is 0 Å². The van der Waals surface area contributed by atoms with Crippen LogP contribution in [0.5, 0.6) is 0 Å². The Hall–Kier alpha value is -1.40. The van der Waals surface area contributed by atoms with Gasteiger partial charge in [0.05, 0.1) is 12.6 Å². The molecule has 0 bridgehead atoms. The number of hydrogen-bond acceptors (Lipinski definition) is 6. The van der Waals surface area contributed by atoms with Gasteiger partial charge in [0.1, 0.15) is 17.5 Å². The van der Waals surface area contributed by atoms with Crippen molar-refractivity contribution in [3.05, 3.63) is 11.4 Å². The van der Waals surface area contributed by atoms with Crippen LogP contribution in [0.2, 0.25) is 0 Å². The fraction of sp³-hybridized carbons (Fsp3) is 0.636. The van der Waals surface area contributed by atoms with Crippen molar-refractivity contribution < 1.29 is 4.74 Å². The quantitative estimate of drug-likeness (QED) is 0.586. The monoisotopic (exact) mass is 239 g/mol. The number of nitrogens with zero attached hydrogens (tertiary/aromatic N) is 3. The predicted octanol–water partition coefficient (Wildman–Crippen LogP) is 0.850. The number of methoxy groups -OCH3 is 1. The van der Waals surface area contributed by atoms with E-state index < -0.39 is 0 Å². The van der Waals surface area contributed by atoms with Gasteiger partial charge in [0.15, 0.2) is 0 Å². The number of nitrogens with one attached hydrogen (secondary N) is 1. The molecule has 1 aromatic heterocycles. The lowest BCUT2D eigenvalue weighted by Gasteiger charge is -2.27. The first-order valence-electron chi connectivity index (χ1n) is 5.54. The molecule has 0 radical (unpaired) electrons. The molecule has 1 atom stereocenters. The Morgan fingerprint density at radius 2 is 2.06 bits per heavy atom. The molecule has 0 aliphatic rings. The molecule has 1 aromatic rings. The van der Waals surface area contributed by atoms with Crippen molar-refractivity contribution in [3.63, 3.8) is 0 Å². The minimum atomic E-state index is 0.235. The highest BCUT2D eigenvalue weighted by atomic mass is 16.5. The van der Waals surface area contributed by atoms with Crippen molar-refractivity contribution in [2.75, 3.05) is 31.1 Å². The van der Waals surface area contributed by atoms with E-state index >= 15 is 0 Å². The summed E-state index contributed by atoms with van der Waals surface area (Å²) in [5, 5.41) is 0. The van der Waals surface area contributed by atoms with Crippen molar-refractivity contribution in [2.45, 2.75) is 26.8 Å². The van der Waals surface area contributed by atoms with Gasteiger partial charge in [-0.05, 0) is 20.8 Å². The number of ether oxygens (including phenoxy) is 1.